The first-order valence-electron chi connectivity index (χ1n) is 12.6. The van der Waals surface area contributed by atoms with Gasteiger partial charge in [-0.3, -0.25) is 0 Å². The van der Waals surface area contributed by atoms with Crippen LogP contribution in [0.4, 0.5) is 0 Å². The zero-order chi connectivity index (χ0) is 29.5. The molecule has 0 rings (SSSR count). The van der Waals surface area contributed by atoms with Crippen molar-refractivity contribution in [3.05, 3.63) is 0 Å². The summed E-state index contributed by atoms with van der Waals surface area (Å²) in [6.07, 6.45) is 0.0381. The van der Waals surface area contributed by atoms with E-state index in [-0.39, 0.29) is 38.5 Å². The molecule has 3 N–H and O–H groups in total. The summed E-state index contributed by atoms with van der Waals surface area (Å²) < 4.78 is -2.51. The Morgan fingerprint density at radius 3 is 0.838 bits per heavy atom. The Bertz CT molecular complexity index is 774. The van der Waals surface area contributed by atoms with Crippen LogP contribution in [-0.4, -0.2) is 50.6 Å². The van der Waals surface area contributed by atoms with Crippen LogP contribution in [0.25, 0.3) is 0 Å². The molecule has 9 nitrogen and oxygen atoms in total. The third-order valence-corrected chi connectivity index (χ3v) is 11.8. The van der Waals surface area contributed by atoms with Gasteiger partial charge in [-0.05, 0) is 0 Å². The predicted molar refractivity (Wildman–Crippen MR) is 135 cm³/mol. The Labute approximate surface area is 224 Å². The number of rotatable bonds is 18. The molecule has 0 heterocycles. The molecule has 215 valence electrons. The second-order valence-electron chi connectivity index (χ2n) is 11.1. The van der Waals surface area contributed by atoms with Crippen molar-refractivity contribution in [1.82, 2.24) is 0 Å². The van der Waals surface area contributed by atoms with Crippen molar-refractivity contribution in [1.29, 1.82) is 0 Å². The van der Waals surface area contributed by atoms with Crippen LogP contribution in [0.5, 0.6) is 0 Å². The van der Waals surface area contributed by atoms with Gasteiger partial charge < -0.3 is 0 Å². The van der Waals surface area contributed by atoms with Crippen LogP contribution >= 0.6 is 0 Å². The van der Waals surface area contributed by atoms with Gasteiger partial charge >= 0.3 is 225 Å². The maximum atomic E-state index is 12.5. The summed E-state index contributed by atoms with van der Waals surface area (Å²) in [4.78, 5) is 73.7. The summed E-state index contributed by atoms with van der Waals surface area (Å²) in [5.74, 6) is -8.85. The molecule has 0 spiro atoms. The molecule has 3 unspecified atom stereocenters. The number of Topliss-reactive ketones (excluding diaryl/α,β-unsaturated/α-hetero) is 3. The molecule has 3 atom stereocenters. The molecule has 0 aliphatic heterocycles. The van der Waals surface area contributed by atoms with Crippen molar-refractivity contribution >= 4 is 35.3 Å². The van der Waals surface area contributed by atoms with E-state index < -0.39 is 79.9 Å². The van der Waals surface area contributed by atoms with E-state index in [1.165, 1.54) is 0 Å². The molecule has 0 saturated heterocycles. The third-order valence-electron chi connectivity index (χ3n) is 6.59. The molecule has 0 aromatic heterocycles. The van der Waals surface area contributed by atoms with E-state index in [1.807, 2.05) is 41.5 Å². The second kappa shape index (κ2) is 13.7. The van der Waals surface area contributed by atoms with Crippen LogP contribution in [0.1, 0.15) is 101 Å². The monoisotopic (exact) mass is 569 g/mol. The van der Waals surface area contributed by atoms with E-state index in [2.05, 4.69) is 0 Å². The van der Waals surface area contributed by atoms with Gasteiger partial charge in [0.05, 0.1) is 0 Å². The average Bonchev–Trinajstić information content (AvgIpc) is 2.76. The summed E-state index contributed by atoms with van der Waals surface area (Å²) in [5, 5.41) is 29.4. The Morgan fingerprint density at radius 1 is 0.514 bits per heavy atom. The van der Waals surface area contributed by atoms with E-state index in [1.54, 1.807) is 20.8 Å². The van der Waals surface area contributed by atoms with Crippen LogP contribution in [-0.2, 0) is 42.7 Å². The first kappa shape index (κ1) is 34.9. The fraction of sp³-hybridized carbons (Fsp3) is 0.778. The number of ketones is 3. The third kappa shape index (κ3) is 9.32. The first-order chi connectivity index (χ1) is 16.7. The summed E-state index contributed by atoms with van der Waals surface area (Å²) >= 11 is -1.76. The topological polar surface area (TPSA) is 163 Å². The zero-order valence-corrected chi connectivity index (χ0v) is 24.7. The molecule has 0 aromatic rings. The molecule has 0 aliphatic carbocycles. The van der Waals surface area contributed by atoms with Crippen molar-refractivity contribution in [2.24, 2.45) is 17.8 Å². The molecular formula is C27H45FeO9. The number of carbonyl (C=O) groups excluding carboxylic acids is 3. The van der Waals surface area contributed by atoms with Gasteiger partial charge in [-0.1, -0.05) is 0 Å². The van der Waals surface area contributed by atoms with Crippen LogP contribution in [0, 0.1) is 17.8 Å². The Morgan fingerprint density at radius 2 is 0.703 bits per heavy atom. The number of carbonyl (C=O) groups is 6. The number of aliphatic carboxylic acids is 3. The van der Waals surface area contributed by atoms with E-state index in [0.717, 1.165) is 0 Å². The van der Waals surface area contributed by atoms with Crippen LogP contribution in [0.15, 0.2) is 0 Å². The second-order valence-corrected chi connectivity index (χ2v) is 16.4. The van der Waals surface area contributed by atoms with Gasteiger partial charge in [-0.2, -0.15) is 0 Å². The van der Waals surface area contributed by atoms with Crippen molar-refractivity contribution in [2.45, 2.75) is 114 Å². The van der Waals surface area contributed by atoms with Crippen molar-refractivity contribution < 1.29 is 58.0 Å². The molecular weight excluding hydrogens is 524 g/mol. The van der Waals surface area contributed by atoms with Gasteiger partial charge in [0.2, 0.25) is 0 Å². The maximum absolute atomic E-state index is 12.5. The minimum atomic E-state index is -1.76. The van der Waals surface area contributed by atoms with E-state index in [9.17, 15) is 44.1 Å². The van der Waals surface area contributed by atoms with Crippen molar-refractivity contribution in [3.8, 4) is 0 Å². The van der Waals surface area contributed by atoms with E-state index >= 15 is 0 Å². The number of hydrogen-bond donors (Lipinski definition) is 3. The molecule has 0 fully saturated rings. The Kier molecular flexibility index (Phi) is 12.9. The predicted octanol–water partition coefficient (Wildman–Crippen LogP) is 5.41. The molecule has 0 aliphatic rings. The van der Waals surface area contributed by atoms with E-state index in [4.69, 9.17) is 0 Å². The number of carboxylic acid groups (broad SMARTS) is 3. The molecule has 10 heteroatoms. The van der Waals surface area contributed by atoms with Crippen molar-refractivity contribution in [2.75, 3.05) is 0 Å². The average molecular weight is 569 g/mol. The zero-order valence-electron chi connectivity index (χ0n) is 23.6. The van der Waals surface area contributed by atoms with Crippen LogP contribution in [0.2, 0.25) is 12.9 Å². The van der Waals surface area contributed by atoms with E-state index in [0.29, 0.717) is 0 Å². The van der Waals surface area contributed by atoms with Gasteiger partial charge in [0.25, 0.3) is 0 Å². The standard InChI is InChI=1S/3C9H15O3.Fe/c3*1-4-8(10)7(9(11)12)5-6(2)3;/h3*7H,4-5H2,1-3H3,(H,11,12);. The summed E-state index contributed by atoms with van der Waals surface area (Å²) in [5.41, 5.74) is 0. The summed E-state index contributed by atoms with van der Waals surface area (Å²) in [7, 11) is 0. The van der Waals surface area contributed by atoms with Gasteiger partial charge in [0.15, 0.2) is 0 Å². The number of carboxylic acids is 3. The normalized spacial score (nSPS) is 15.3. The summed E-state index contributed by atoms with van der Waals surface area (Å²) in [6, 6.07) is 0. The molecule has 0 saturated carbocycles. The fourth-order valence-corrected chi connectivity index (χ4v) is 12.8. The summed E-state index contributed by atoms with van der Waals surface area (Å²) in [6.45, 7) is 15.7. The molecule has 37 heavy (non-hydrogen) atoms. The molecule has 0 bridgehead atoms. The Hall–Kier alpha value is -2.06. The van der Waals surface area contributed by atoms with Gasteiger partial charge in [0.1, 0.15) is 0 Å². The van der Waals surface area contributed by atoms with Crippen LogP contribution in [0.3, 0.4) is 0 Å². The molecule has 0 amide bonds. The van der Waals surface area contributed by atoms with Gasteiger partial charge in [-0.25, -0.2) is 0 Å². The van der Waals surface area contributed by atoms with Crippen LogP contribution < -0.4 is 0 Å². The minimum absolute atomic E-state index is 0.0270. The molecule has 0 radical (unpaired) electrons. The van der Waals surface area contributed by atoms with Gasteiger partial charge in [-0.15, -0.1) is 0 Å². The van der Waals surface area contributed by atoms with Gasteiger partial charge in [0, 0.05) is 0 Å². The quantitative estimate of drug-likeness (QED) is 0.145. The number of hydrogen-bond acceptors (Lipinski definition) is 6. The fourth-order valence-electron chi connectivity index (χ4n) is 5.36. The molecule has 0 aromatic carbocycles. The van der Waals surface area contributed by atoms with Crippen molar-refractivity contribution in [3.63, 3.8) is 0 Å². The Balaban J connectivity index is 6.94. The SMILES string of the molecule is CCC(=O)C(C[C](C)(C)[Fe]([C](C)(C)CC(C(=O)O)C(=O)CC)[C](C)(C)CC(C(=O)O)C(=O)CC)C(=O)O. The first-order valence-corrected chi connectivity index (χ1v) is 14.3.